The number of imide groups is 1. The lowest BCUT2D eigenvalue weighted by molar-refractivity contribution is -0.124. The minimum Gasteiger partial charge on any atom is -0.496 e. The zero-order valence-corrected chi connectivity index (χ0v) is 11.9. The van der Waals surface area contributed by atoms with Gasteiger partial charge in [-0.05, 0) is 50.1 Å². The first-order chi connectivity index (χ1) is 9.44. The average Bonchev–Trinajstić information content (AvgIpc) is 2.68. The van der Waals surface area contributed by atoms with E-state index >= 15 is 0 Å². The van der Waals surface area contributed by atoms with E-state index in [4.69, 9.17) is 10.5 Å². The molecule has 0 radical (unpaired) electrons. The standard InChI is InChI=1S/C14H19N3O3/c1-8-6-10(11(20-3)7-9(8)2)14(4-5-15)12(18)16-13(19)17-14/h6-7H,4-5,15H2,1-3H3,(H2,16,17,18,19). The van der Waals surface area contributed by atoms with Gasteiger partial charge in [0.1, 0.15) is 5.75 Å². The molecule has 0 saturated carbocycles. The van der Waals surface area contributed by atoms with Crippen LogP contribution < -0.4 is 21.1 Å². The maximum absolute atomic E-state index is 12.3. The van der Waals surface area contributed by atoms with Crippen LogP contribution in [0.1, 0.15) is 23.1 Å². The fourth-order valence-corrected chi connectivity index (χ4v) is 2.50. The smallest absolute Gasteiger partial charge is 0.322 e. The number of ether oxygens (including phenoxy) is 1. The largest absolute Gasteiger partial charge is 0.496 e. The molecule has 1 aromatic carbocycles. The van der Waals surface area contributed by atoms with Crippen molar-refractivity contribution in [3.8, 4) is 5.75 Å². The molecule has 1 fully saturated rings. The molecular weight excluding hydrogens is 258 g/mol. The number of hydrogen-bond acceptors (Lipinski definition) is 4. The van der Waals surface area contributed by atoms with Crippen molar-refractivity contribution in [2.45, 2.75) is 25.8 Å². The summed E-state index contributed by atoms with van der Waals surface area (Å²) in [5.74, 6) is 0.174. The highest BCUT2D eigenvalue weighted by atomic mass is 16.5. The Bertz CT molecular complexity index is 571. The zero-order chi connectivity index (χ0) is 14.9. The van der Waals surface area contributed by atoms with Gasteiger partial charge in [-0.2, -0.15) is 0 Å². The normalized spacial score (nSPS) is 21.6. The number of aryl methyl sites for hydroxylation is 2. The Morgan fingerprint density at radius 2 is 1.90 bits per heavy atom. The minimum absolute atomic E-state index is 0.268. The summed E-state index contributed by atoms with van der Waals surface area (Å²) in [6.07, 6.45) is 0.309. The van der Waals surface area contributed by atoms with E-state index in [0.29, 0.717) is 17.7 Å². The van der Waals surface area contributed by atoms with Crippen LogP contribution in [0, 0.1) is 13.8 Å². The van der Waals surface area contributed by atoms with Gasteiger partial charge in [0.25, 0.3) is 5.91 Å². The van der Waals surface area contributed by atoms with Crippen LogP contribution in [0.3, 0.4) is 0 Å². The van der Waals surface area contributed by atoms with E-state index in [2.05, 4.69) is 10.6 Å². The molecule has 1 saturated heterocycles. The Hall–Kier alpha value is -2.08. The van der Waals surface area contributed by atoms with E-state index in [1.165, 1.54) is 0 Å². The number of hydrogen-bond donors (Lipinski definition) is 3. The third kappa shape index (κ3) is 2.12. The molecule has 4 N–H and O–H groups in total. The van der Waals surface area contributed by atoms with E-state index < -0.39 is 17.5 Å². The molecule has 1 aliphatic rings. The Morgan fingerprint density at radius 3 is 2.40 bits per heavy atom. The van der Waals surface area contributed by atoms with E-state index in [-0.39, 0.29) is 6.54 Å². The number of nitrogens with one attached hydrogen (secondary N) is 2. The number of rotatable bonds is 4. The van der Waals surface area contributed by atoms with Crippen molar-refractivity contribution in [1.82, 2.24) is 10.6 Å². The summed E-state index contributed by atoms with van der Waals surface area (Å²) >= 11 is 0. The van der Waals surface area contributed by atoms with Gasteiger partial charge in [0.15, 0.2) is 5.54 Å². The number of benzene rings is 1. The molecule has 0 bridgehead atoms. The molecule has 2 rings (SSSR count). The topological polar surface area (TPSA) is 93.4 Å². The molecule has 0 aromatic heterocycles. The van der Waals surface area contributed by atoms with Crippen LogP contribution in [-0.2, 0) is 10.3 Å². The van der Waals surface area contributed by atoms with Crippen molar-refractivity contribution in [1.29, 1.82) is 0 Å². The van der Waals surface area contributed by atoms with Gasteiger partial charge < -0.3 is 15.8 Å². The maximum Gasteiger partial charge on any atom is 0.322 e. The van der Waals surface area contributed by atoms with Crippen molar-refractivity contribution < 1.29 is 14.3 Å². The van der Waals surface area contributed by atoms with Gasteiger partial charge in [-0.3, -0.25) is 10.1 Å². The van der Waals surface area contributed by atoms with E-state index in [1.54, 1.807) is 7.11 Å². The van der Waals surface area contributed by atoms with Gasteiger partial charge >= 0.3 is 6.03 Å². The van der Waals surface area contributed by atoms with Crippen molar-refractivity contribution in [3.05, 3.63) is 28.8 Å². The van der Waals surface area contributed by atoms with Crippen LogP contribution in [0.5, 0.6) is 5.75 Å². The van der Waals surface area contributed by atoms with Crippen LogP contribution in [0.2, 0.25) is 0 Å². The maximum atomic E-state index is 12.3. The average molecular weight is 277 g/mol. The van der Waals surface area contributed by atoms with Crippen LogP contribution in [0.4, 0.5) is 4.79 Å². The Morgan fingerprint density at radius 1 is 1.25 bits per heavy atom. The second-order valence-electron chi connectivity index (χ2n) is 4.99. The quantitative estimate of drug-likeness (QED) is 0.706. The monoisotopic (exact) mass is 277 g/mol. The van der Waals surface area contributed by atoms with Gasteiger partial charge in [-0.15, -0.1) is 0 Å². The predicted molar refractivity (Wildman–Crippen MR) is 74.5 cm³/mol. The first kappa shape index (κ1) is 14.3. The molecule has 0 spiro atoms. The van der Waals surface area contributed by atoms with E-state index in [9.17, 15) is 9.59 Å². The summed E-state index contributed by atoms with van der Waals surface area (Å²) in [7, 11) is 1.54. The molecule has 0 aliphatic carbocycles. The summed E-state index contributed by atoms with van der Waals surface area (Å²) in [5.41, 5.74) is 7.18. The summed E-state index contributed by atoms with van der Waals surface area (Å²) in [6, 6.07) is 3.22. The Kier molecular flexibility index (Phi) is 3.67. The van der Waals surface area contributed by atoms with Gasteiger partial charge in [0.05, 0.1) is 7.11 Å². The first-order valence-corrected chi connectivity index (χ1v) is 6.44. The first-order valence-electron chi connectivity index (χ1n) is 6.44. The van der Waals surface area contributed by atoms with Gasteiger partial charge in [-0.25, -0.2) is 4.79 Å². The van der Waals surface area contributed by atoms with Crippen LogP contribution >= 0.6 is 0 Å². The third-order valence-corrected chi connectivity index (χ3v) is 3.74. The molecule has 6 heteroatoms. The van der Waals surface area contributed by atoms with Gasteiger partial charge in [0.2, 0.25) is 0 Å². The number of carbonyl (C=O) groups is 2. The molecule has 1 unspecified atom stereocenters. The molecule has 20 heavy (non-hydrogen) atoms. The van der Waals surface area contributed by atoms with E-state index in [0.717, 1.165) is 11.1 Å². The van der Waals surface area contributed by atoms with Gasteiger partial charge in [-0.1, -0.05) is 0 Å². The van der Waals surface area contributed by atoms with E-state index in [1.807, 2.05) is 26.0 Å². The fourth-order valence-electron chi connectivity index (χ4n) is 2.50. The summed E-state index contributed by atoms with van der Waals surface area (Å²) in [4.78, 5) is 23.8. The van der Waals surface area contributed by atoms with Crippen molar-refractivity contribution >= 4 is 11.9 Å². The van der Waals surface area contributed by atoms with Crippen LogP contribution in [-0.4, -0.2) is 25.6 Å². The number of nitrogens with two attached hydrogens (primary N) is 1. The van der Waals surface area contributed by atoms with Crippen LogP contribution in [0.25, 0.3) is 0 Å². The third-order valence-electron chi connectivity index (χ3n) is 3.74. The SMILES string of the molecule is COc1cc(C)c(C)cc1C1(CCN)NC(=O)NC1=O. The molecule has 1 atom stereocenters. The van der Waals surface area contributed by atoms with Crippen LogP contribution in [0.15, 0.2) is 12.1 Å². The Labute approximate surface area is 117 Å². The Balaban J connectivity index is 2.64. The number of amides is 3. The second kappa shape index (κ2) is 5.13. The highest BCUT2D eigenvalue weighted by Crippen LogP contribution is 2.36. The highest BCUT2D eigenvalue weighted by Gasteiger charge is 2.48. The second-order valence-corrected chi connectivity index (χ2v) is 4.99. The van der Waals surface area contributed by atoms with Crippen molar-refractivity contribution in [2.24, 2.45) is 5.73 Å². The number of carbonyl (C=O) groups excluding carboxylic acids is 2. The minimum atomic E-state index is -1.16. The lowest BCUT2D eigenvalue weighted by Crippen LogP contribution is -2.45. The zero-order valence-electron chi connectivity index (χ0n) is 11.9. The summed E-state index contributed by atoms with van der Waals surface area (Å²) in [5, 5.41) is 4.97. The highest BCUT2D eigenvalue weighted by molar-refractivity contribution is 6.07. The number of urea groups is 1. The molecule has 1 aliphatic heterocycles. The van der Waals surface area contributed by atoms with Crippen molar-refractivity contribution in [3.63, 3.8) is 0 Å². The van der Waals surface area contributed by atoms with Crippen molar-refractivity contribution in [2.75, 3.05) is 13.7 Å². The number of methoxy groups -OCH3 is 1. The van der Waals surface area contributed by atoms with Gasteiger partial charge in [0, 0.05) is 5.56 Å². The molecule has 108 valence electrons. The molecule has 1 heterocycles. The lowest BCUT2D eigenvalue weighted by atomic mass is 9.84. The lowest BCUT2D eigenvalue weighted by Gasteiger charge is -2.28. The summed E-state index contributed by atoms with van der Waals surface area (Å²) in [6.45, 7) is 4.18. The molecule has 1 aromatic rings. The molecule has 6 nitrogen and oxygen atoms in total. The molecule has 3 amide bonds. The predicted octanol–water partition coefficient (Wildman–Crippen LogP) is 0.696. The summed E-state index contributed by atoms with van der Waals surface area (Å²) < 4.78 is 5.38. The molecular formula is C14H19N3O3. The fraction of sp³-hybridized carbons (Fsp3) is 0.429.